The van der Waals surface area contributed by atoms with Crippen LogP contribution in [-0.4, -0.2) is 41.2 Å². The van der Waals surface area contributed by atoms with Gasteiger partial charge in [-0.3, -0.25) is 14.9 Å². The van der Waals surface area contributed by atoms with Gasteiger partial charge in [0, 0.05) is 18.6 Å². The number of benzene rings is 1. The van der Waals surface area contributed by atoms with Crippen LogP contribution in [0, 0.1) is 10.1 Å². The van der Waals surface area contributed by atoms with Crippen molar-refractivity contribution in [3.8, 4) is 0 Å². The average Bonchev–Trinajstić information content (AvgIpc) is 2.52. The first kappa shape index (κ1) is 18.3. The number of nitrogens with zero attached hydrogens (tertiary/aromatic N) is 1. The molecule has 0 spiro atoms. The van der Waals surface area contributed by atoms with Crippen molar-refractivity contribution in [2.24, 2.45) is 0 Å². The lowest BCUT2D eigenvalue weighted by atomic mass is 10.1. The van der Waals surface area contributed by atoms with Crippen molar-refractivity contribution in [1.82, 2.24) is 5.32 Å². The van der Waals surface area contributed by atoms with Gasteiger partial charge in [-0.25, -0.2) is 4.79 Å². The van der Waals surface area contributed by atoms with Crippen LogP contribution in [0.3, 0.4) is 0 Å². The number of carboxylic acid groups (broad SMARTS) is 1. The number of amides is 1. The summed E-state index contributed by atoms with van der Waals surface area (Å²) in [6.07, 6.45) is 1.77. The van der Waals surface area contributed by atoms with E-state index in [4.69, 9.17) is 9.84 Å². The fraction of sp³-hybridized carbons (Fsp3) is 0.333. The van der Waals surface area contributed by atoms with Crippen molar-refractivity contribution in [2.45, 2.75) is 18.9 Å². The molecule has 0 aromatic heterocycles. The number of carboxylic acids is 1. The minimum absolute atomic E-state index is 0.0202. The van der Waals surface area contributed by atoms with Gasteiger partial charge < -0.3 is 15.2 Å². The molecule has 1 aromatic rings. The summed E-state index contributed by atoms with van der Waals surface area (Å²) in [5.74, 6) is -1.66. The highest BCUT2D eigenvalue weighted by Gasteiger charge is 2.19. The maximum atomic E-state index is 11.8. The third kappa shape index (κ3) is 6.70. The summed E-state index contributed by atoms with van der Waals surface area (Å²) in [6, 6.07) is 4.81. The van der Waals surface area contributed by atoms with Crippen LogP contribution in [0.2, 0.25) is 0 Å². The maximum absolute atomic E-state index is 11.8. The Kier molecular flexibility index (Phi) is 7.41. The van der Waals surface area contributed by atoms with E-state index in [0.29, 0.717) is 5.56 Å². The molecule has 23 heavy (non-hydrogen) atoms. The zero-order valence-corrected chi connectivity index (χ0v) is 12.4. The zero-order valence-electron chi connectivity index (χ0n) is 12.4. The summed E-state index contributed by atoms with van der Waals surface area (Å²) in [6.45, 7) is 3.46. The van der Waals surface area contributed by atoms with E-state index in [1.165, 1.54) is 24.3 Å². The molecular formula is C15H18N2O6. The molecule has 1 amide bonds. The Morgan fingerprint density at radius 2 is 2.22 bits per heavy atom. The molecule has 0 aliphatic rings. The minimum atomic E-state index is -1.20. The monoisotopic (exact) mass is 322 g/mol. The molecular weight excluding hydrogens is 304 g/mol. The van der Waals surface area contributed by atoms with Crippen LogP contribution in [0.15, 0.2) is 36.9 Å². The first-order valence-corrected chi connectivity index (χ1v) is 6.88. The van der Waals surface area contributed by atoms with Gasteiger partial charge >= 0.3 is 5.97 Å². The lowest BCUT2D eigenvalue weighted by Crippen LogP contribution is -2.44. The molecule has 0 radical (unpaired) electrons. The molecule has 8 heteroatoms. The molecule has 1 aromatic carbocycles. The van der Waals surface area contributed by atoms with E-state index in [1.807, 2.05) is 0 Å². The molecule has 0 saturated carbocycles. The number of hydrogen-bond acceptors (Lipinski definition) is 5. The standard InChI is InChI=1S/C15H18N2O6/c1-2-8-23-10-13(15(19)20)16-14(18)7-6-11-4-3-5-12(9-11)17(21)22/h2-5,9,13H,1,6-8,10H2,(H,16,18)(H,19,20). The quantitative estimate of drug-likeness (QED) is 0.290. The highest BCUT2D eigenvalue weighted by Crippen LogP contribution is 2.14. The molecule has 0 aliphatic carbocycles. The smallest absolute Gasteiger partial charge is 0.328 e. The highest BCUT2D eigenvalue weighted by molar-refractivity contribution is 5.83. The molecule has 2 N–H and O–H groups in total. The third-order valence-electron chi connectivity index (χ3n) is 2.92. The molecule has 1 rings (SSSR count). The van der Waals surface area contributed by atoms with E-state index in [-0.39, 0.29) is 31.7 Å². The summed E-state index contributed by atoms with van der Waals surface area (Å²) < 4.78 is 5.02. The van der Waals surface area contributed by atoms with Crippen molar-refractivity contribution >= 4 is 17.6 Å². The van der Waals surface area contributed by atoms with Gasteiger partial charge in [-0.05, 0) is 12.0 Å². The van der Waals surface area contributed by atoms with Gasteiger partial charge in [0.05, 0.1) is 18.1 Å². The largest absolute Gasteiger partial charge is 0.480 e. The van der Waals surface area contributed by atoms with Crippen LogP contribution in [0.1, 0.15) is 12.0 Å². The lowest BCUT2D eigenvalue weighted by molar-refractivity contribution is -0.384. The Labute approximate surface area is 132 Å². The van der Waals surface area contributed by atoms with Crippen LogP contribution >= 0.6 is 0 Å². The number of rotatable bonds is 10. The molecule has 0 bridgehead atoms. The van der Waals surface area contributed by atoms with Gasteiger partial charge in [-0.15, -0.1) is 6.58 Å². The summed E-state index contributed by atoms with van der Waals surface area (Å²) in [7, 11) is 0. The fourth-order valence-electron chi connectivity index (χ4n) is 1.79. The van der Waals surface area contributed by atoms with Gasteiger partial charge in [-0.1, -0.05) is 18.2 Å². The van der Waals surface area contributed by atoms with Crippen molar-refractivity contribution in [1.29, 1.82) is 0 Å². The van der Waals surface area contributed by atoms with Crippen LogP contribution < -0.4 is 5.32 Å². The summed E-state index contributed by atoms with van der Waals surface area (Å²) >= 11 is 0. The minimum Gasteiger partial charge on any atom is -0.480 e. The van der Waals surface area contributed by atoms with Gasteiger partial charge in [0.2, 0.25) is 5.91 Å². The van der Waals surface area contributed by atoms with Gasteiger partial charge in [0.1, 0.15) is 0 Å². The Balaban J connectivity index is 2.51. The van der Waals surface area contributed by atoms with Crippen LogP contribution in [-0.2, 0) is 20.7 Å². The summed E-state index contributed by atoms with van der Waals surface area (Å²) in [5.41, 5.74) is 0.577. The van der Waals surface area contributed by atoms with Gasteiger partial charge in [-0.2, -0.15) is 0 Å². The Morgan fingerprint density at radius 3 is 2.83 bits per heavy atom. The van der Waals surface area contributed by atoms with E-state index in [9.17, 15) is 19.7 Å². The normalized spacial score (nSPS) is 11.5. The molecule has 8 nitrogen and oxygen atoms in total. The van der Waals surface area contributed by atoms with Crippen LogP contribution in [0.25, 0.3) is 0 Å². The summed E-state index contributed by atoms with van der Waals surface area (Å²) in [4.78, 5) is 33.0. The van der Waals surface area contributed by atoms with Crippen LogP contribution in [0.5, 0.6) is 0 Å². The number of carbonyl (C=O) groups is 2. The van der Waals surface area contributed by atoms with Gasteiger partial charge in [0.15, 0.2) is 6.04 Å². The fourth-order valence-corrected chi connectivity index (χ4v) is 1.79. The number of non-ortho nitro benzene ring substituents is 1. The first-order valence-electron chi connectivity index (χ1n) is 6.88. The lowest BCUT2D eigenvalue weighted by Gasteiger charge is -2.14. The van der Waals surface area contributed by atoms with Crippen molar-refractivity contribution in [3.63, 3.8) is 0 Å². The zero-order chi connectivity index (χ0) is 17.2. The molecule has 0 heterocycles. The number of aliphatic carboxylic acids is 1. The second kappa shape index (κ2) is 9.31. The number of hydrogen-bond donors (Lipinski definition) is 2. The number of nitrogens with one attached hydrogen (secondary N) is 1. The second-order valence-electron chi connectivity index (χ2n) is 4.71. The molecule has 124 valence electrons. The van der Waals surface area contributed by atoms with E-state index >= 15 is 0 Å². The molecule has 0 saturated heterocycles. The number of carbonyl (C=O) groups excluding carboxylic acids is 1. The van der Waals surface area contributed by atoms with Crippen LogP contribution in [0.4, 0.5) is 5.69 Å². The van der Waals surface area contributed by atoms with E-state index in [0.717, 1.165) is 0 Å². The Morgan fingerprint density at radius 1 is 1.48 bits per heavy atom. The van der Waals surface area contributed by atoms with E-state index in [1.54, 1.807) is 6.07 Å². The predicted octanol–water partition coefficient (Wildman–Crippen LogP) is 1.30. The predicted molar refractivity (Wildman–Crippen MR) is 82.0 cm³/mol. The number of nitro groups is 1. The number of aryl methyl sites for hydroxylation is 1. The first-order chi connectivity index (χ1) is 10.9. The van der Waals surface area contributed by atoms with Crippen molar-refractivity contribution in [3.05, 3.63) is 52.6 Å². The molecule has 1 atom stereocenters. The number of ether oxygens (including phenoxy) is 1. The number of nitro benzene ring substituents is 1. The Bertz CT molecular complexity index is 587. The van der Waals surface area contributed by atoms with Crippen molar-refractivity contribution < 1.29 is 24.4 Å². The third-order valence-corrected chi connectivity index (χ3v) is 2.92. The molecule has 0 fully saturated rings. The second-order valence-corrected chi connectivity index (χ2v) is 4.71. The average molecular weight is 322 g/mol. The molecule has 0 aliphatic heterocycles. The molecule has 1 unspecified atom stereocenters. The van der Waals surface area contributed by atoms with E-state index < -0.39 is 22.8 Å². The van der Waals surface area contributed by atoms with Gasteiger partial charge in [0.25, 0.3) is 5.69 Å². The SMILES string of the molecule is C=CCOCC(NC(=O)CCc1cccc([N+](=O)[O-])c1)C(=O)O. The van der Waals surface area contributed by atoms with E-state index in [2.05, 4.69) is 11.9 Å². The van der Waals surface area contributed by atoms with Crippen molar-refractivity contribution in [2.75, 3.05) is 13.2 Å². The maximum Gasteiger partial charge on any atom is 0.328 e. The topological polar surface area (TPSA) is 119 Å². The summed E-state index contributed by atoms with van der Waals surface area (Å²) in [5, 5.41) is 22.0. The Hall–Kier alpha value is -2.74. The highest BCUT2D eigenvalue weighted by atomic mass is 16.6.